The second-order valence-corrected chi connectivity index (χ2v) is 4.07. The normalized spacial score (nSPS) is 11.9. The van der Waals surface area contributed by atoms with E-state index < -0.39 is 17.3 Å². The van der Waals surface area contributed by atoms with Crippen LogP contribution in [0.25, 0.3) is 16.9 Å². The van der Waals surface area contributed by atoms with E-state index in [1.807, 2.05) is 0 Å². The van der Waals surface area contributed by atoms with E-state index in [1.54, 1.807) is 6.07 Å². The summed E-state index contributed by atoms with van der Waals surface area (Å²) in [7, 11) is 0. The van der Waals surface area contributed by atoms with Crippen LogP contribution in [0.5, 0.6) is 0 Å². The molecule has 1 N–H and O–H groups in total. The zero-order valence-corrected chi connectivity index (χ0v) is 9.85. The minimum atomic E-state index is -4.48. The Morgan fingerprint density at radius 2 is 2.05 bits per heavy atom. The Labute approximate surface area is 109 Å². The third-order valence-corrected chi connectivity index (χ3v) is 2.74. The zero-order chi connectivity index (χ0) is 14.3. The number of hydrogen-bond donors (Lipinski definition) is 1. The van der Waals surface area contributed by atoms with Gasteiger partial charge in [0.2, 0.25) is 5.95 Å². The van der Waals surface area contributed by atoms with Crippen molar-refractivity contribution in [1.82, 2.24) is 19.7 Å². The second kappa shape index (κ2) is 4.19. The summed E-state index contributed by atoms with van der Waals surface area (Å²) in [5.74, 6) is 0.0619. The van der Waals surface area contributed by atoms with E-state index in [9.17, 15) is 18.0 Å². The van der Waals surface area contributed by atoms with Crippen LogP contribution in [0.2, 0.25) is 0 Å². The lowest BCUT2D eigenvalue weighted by molar-refractivity contribution is -0.137. The monoisotopic (exact) mass is 280 g/mol. The summed E-state index contributed by atoms with van der Waals surface area (Å²) in [6.07, 6.45) is -1.49. The number of fused-ring (bicyclic) bond motifs is 1. The van der Waals surface area contributed by atoms with Crippen LogP contribution in [0.1, 0.15) is 5.56 Å². The summed E-state index contributed by atoms with van der Waals surface area (Å²) in [5.41, 5.74) is -1.40. The molecule has 0 unspecified atom stereocenters. The molecular weight excluding hydrogens is 273 g/mol. The van der Waals surface area contributed by atoms with Gasteiger partial charge in [-0.2, -0.15) is 18.3 Å². The van der Waals surface area contributed by atoms with Crippen molar-refractivity contribution < 1.29 is 13.2 Å². The van der Waals surface area contributed by atoms with Crippen molar-refractivity contribution in [2.75, 3.05) is 0 Å². The van der Waals surface area contributed by atoms with Gasteiger partial charge in [-0.15, -0.1) is 0 Å². The Morgan fingerprint density at radius 3 is 2.70 bits per heavy atom. The van der Waals surface area contributed by atoms with Gasteiger partial charge in [-0.3, -0.25) is 9.78 Å². The smallest absolute Gasteiger partial charge is 0.290 e. The van der Waals surface area contributed by atoms with Gasteiger partial charge in [-0.05, 0) is 24.3 Å². The SMILES string of the molecule is O=c1[nH]c(-n2cccn2)nc2cc(C(F)(F)F)ccc12. The molecule has 0 aliphatic carbocycles. The van der Waals surface area contributed by atoms with E-state index in [1.165, 1.54) is 17.1 Å². The molecule has 3 rings (SSSR count). The summed E-state index contributed by atoms with van der Waals surface area (Å²) >= 11 is 0. The fraction of sp³-hybridized carbons (Fsp3) is 0.0833. The number of nitrogens with zero attached hydrogens (tertiary/aromatic N) is 3. The van der Waals surface area contributed by atoms with Crippen molar-refractivity contribution in [2.45, 2.75) is 6.18 Å². The average Bonchev–Trinajstić information content (AvgIpc) is 2.90. The Hall–Kier alpha value is -2.64. The quantitative estimate of drug-likeness (QED) is 0.742. The summed E-state index contributed by atoms with van der Waals surface area (Å²) < 4.78 is 39.2. The molecule has 3 aromatic rings. The van der Waals surface area contributed by atoms with E-state index in [4.69, 9.17) is 0 Å². The predicted octanol–water partition coefficient (Wildman–Crippen LogP) is 2.13. The molecule has 5 nitrogen and oxygen atoms in total. The number of aromatic amines is 1. The maximum absolute atomic E-state index is 12.7. The van der Waals surface area contributed by atoms with Crippen LogP contribution in [0.15, 0.2) is 41.5 Å². The van der Waals surface area contributed by atoms with E-state index in [-0.39, 0.29) is 16.9 Å². The van der Waals surface area contributed by atoms with Gasteiger partial charge < -0.3 is 0 Å². The Balaban J connectivity index is 2.26. The van der Waals surface area contributed by atoms with Gasteiger partial charge in [-0.1, -0.05) is 0 Å². The average molecular weight is 280 g/mol. The second-order valence-electron chi connectivity index (χ2n) is 4.07. The topological polar surface area (TPSA) is 63.6 Å². The molecular formula is C12H7F3N4O. The molecule has 0 aliphatic heterocycles. The summed E-state index contributed by atoms with van der Waals surface area (Å²) in [6.45, 7) is 0. The molecule has 0 spiro atoms. The number of benzene rings is 1. The lowest BCUT2D eigenvalue weighted by Gasteiger charge is -2.08. The number of nitrogens with one attached hydrogen (secondary N) is 1. The molecule has 0 amide bonds. The molecule has 102 valence electrons. The third-order valence-electron chi connectivity index (χ3n) is 2.74. The summed E-state index contributed by atoms with van der Waals surface area (Å²) in [5, 5.41) is 3.96. The van der Waals surface area contributed by atoms with Gasteiger partial charge in [0.05, 0.1) is 16.5 Å². The minimum absolute atomic E-state index is 0.0333. The summed E-state index contributed by atoms with van der Waals surface area (Å²) in [4.78, 5) is 18.3. The van der Waals surface area contributed by atoms with Crippen molar-refractivity contribution in [3.05, 3.63) is 52.6 Å². The number of alkyl halides is 3. The van der Waals surface area contributed by atoms with Crippen LogP contribution < -0.4 is 5.56 Å². The highest BCUT2D eigenvalue weighted by Crippen LogP contribution is 2.30. The first-order chi connectivity index (χ1) is 9.45. The predicted molar refractivity (Wildman–Crippen MR) is 64.5 cm³/mol. The van der Waals surface area contributed by atoms with Gasteiger partial charge in [0.25, 0.3) is 5.56 Å². The van der Waals surface area contributed by atoms with Crippen LogP contribution in [0.4, 0.5) is 13.2 Å². The molecule has 0 radical (unpaired) electrons. The Bertz CT molecular complexity index is 821. The Kier molecular flexibility index (Phi) is 2.60. The van der Waals surface area contributed by atoms with Gasteiger partial charge in [0.15, 0.2) is 0 Å². The van der Waals surface area contributed by atoms with E-state index in [2.05, 4.69) is 15.1 Å². The van der Waals surface area contributed by atoms with E-state index in [0.29, 0.717) is 0 Å². The number of halogens is 3. The number of aromatic nitrogens is 4. The van der Waals surface area contributed by atoms with Gasteiger partial charge >= 0.3 is 6.18 Å². The van der Waals surface area contributed by atoms with Crippen molar-refractivity contribution in [2.24, 2.45) is 0 Å². The third kappa shape index (κ3) is 2.04. The van der Waals surface area contributed by atoms with Crippen molar-refractivity contribution >= 4 is 10.9 Å². The molecule has 0 saturated carbocycles. The van der Waals surface area contributed by atoms with Crippen LogP contribution in [0, 0.1) is 0 Å². The van der Waals surface area contributed by atoms with Crippen molar-refractivity contribution in [3.8, 4) is 5.95 Å². The first-order valence-corrected chi connectivity index (χ1v) is 5.56. The van der Waals surface area contributed by atoms with Gasteiger partial charge in [-0.25, -0.2) is 9.67 Å². The molecule has 2 aromatic heterocycles. The first kappa shape index (κ1) is 12.4. The molecule has 0 fully saturated rings. The number of hydrogen-bond acceptors (Lipinski definition) is 3. The highest BCUT2D eigenvalue weighted by atomic mass is 19.4. The maximum atomic E-state index is 12.7. The van der Waals surface area contributed by atoms with E-state index >= 15 is 0 Å². The minimum Gasteiger partial charge on any atom is -0.290 e. The lowest BCUT2D eigenvalue weighted by Crippen LogP contribution is -2.14. The van der Waals surface area contributed by atoms with E-state index in [0.717, 1.165) is 18.2 Å². The molecule has 2 heterocycles. The van der Waals surface area contributed by atoms with Crippen LogP contribution in [-0.4, -0.2) is 19.7 Å². The number of H-pyrrole nitrogens is 1. The standard InChI is InChI=1S/C12H7F3N4O/c13-12(14,15)7-2-3-8-9(6-7)17-11(18-10(8)20)19-5-1-4-16-19/h1-6H,(H,17,18,20). The molecule has 0 saturated heterocycles. The highest BCUT2D eigenvalue weighted by Gasteiger charge is 2.30. The molecule has 0 atom stereocenters. The van der Waals surface area contributed by atoms with Crippen LogP contribution in [-0.2, 0) is 6.18 Å². The van der Waals surface area contributed by atoms with Crippen molar-refractivity contribution in [1.29, 1.82) is 0 Å². The molecule has 0 aliphatic rings. The fourth-order valence-electron chi connectivity index (χ4n) is 1.81. The van der Waals surface area contributed by atoms with Crippen molar-refractivity contribution in [3.63, 3.8) is 0 Å². The lowest BCUT2D eigenvalue weighted by atomic mass is 10.1. The van der Waals surface area contributed by atoms with Crippen LogP contribution >= 0.6 is 0 Å². The van der Waals surface area contributed by atoms with Gasteiger partial charge in [0, 0.05) is 12.4 Å². The van der Waals surface area contributed by atoms with Crippen LogP contribution in [0.3, 0.4) is 0 Å². The maximum Gasteiger partial charge on any atom is 0.416 e. The first-order valence-electron chi connectivity index (χ1n) is 5.56. The molecule has 20 heavy (non-hydrogen) atoms. The molecule has 8 heteroatoms. The van der Waals surface area contributed by atoms with Gasteiger partial charge in [0.1, 0.15) is 0 Å². The summed E-state index contributed by atoms with van der Waals surface area (Å²) in [6, 6.07) is 4.41. The largest absolute Gasteiger partial charge is 0.416 e. The molecule has 1 aromatic carbocycles. The Morgan fingerprint density at radius 1 is 1.25 bits per heavy atom. The fourth-order valence-corrected chi connectivity index (χ4v) is 1.81. The number of rotatable bonds is 1. The zero-order valence-electron chi connectivity index (χ0n) is 9.85. The molecule has 0 bridgehead atoms. The highest BCUT2D eigenvalue weighted by molar-refractivity contribution is 5.78.